The van der Waals surface area contributed by atoms with Crippen LogP contribution in [0.1, 0.15) is 0 Å². The first-order valence-corrected chi connectivity index (χ1v) is 2.35. The molecule has 10 heavy (non-hydrogen) atoms. The average Bonchev–Trinajstić information content (AvgIpc) is 2.00. The van der Waals surface area contributed by atoms with Gasteiger partial charge in [0.15, 0.2) is 5.78 Å². The Morgan fingerprint density at radius 1 is 1.60 bits per heavy atom. The van der Waals surface area contributed by atoms with Gasteiger partial charge in [-0.25, -0.2) is 0 Å². The minimum absolute atomic E-state index is 0.744. The minimum atomic E-state index is -1.98. The van der Waals surface area contributed by atoms with Gasteiger partial charge in [0.05, 0.1) is 0 Å². The summed E-state index contributed by atoms with van der Waals surface area (Å²) < 4.78 is 0. The van der Waals surface area contributed by atoms with Gasteiger partial charge in [0.1, 0.15) is 0 Å². The van der Waals surface area contributed by atoms with Gasteiger partial charge in [0.2, 0.25) is 6.10 Å². The third kappa shape index (κ3) is 1.87. The predicted molar refractivity (Wildman–Crippen MR) is 32.0 cm³/mol. The monoisotopic (exact) mass is 143 g/mol. The van der Waals surface area contributed by atoms with Crippen LogP contribution in [0.3, 0.4) is 0 Å². The summed E-state index contributed by atoms with van der Waals surface area (Å²) in [7, 11) is 0. The first kappa shape index (κ1) is 8.64. The summed E-state index contributed by atoms with van der Waals surface area (Å²) in [4.78, 5) is 29.9. The molecule has 0 aromatic carbocycles. The molecule has 54 valence electrons. The van der Waals surface area contributed by atoms with E-state index >= 15 is 0 Å². The van der Waals surface area contributed by atoms with E-state index < -0.39 is 17.8 Å². The molecule has 0 fully saturated rings. The van der Waals surface area contributed by atoms with Crippen LogP contribution in [-0.4, -0.2) is 22.9 Å². The molecule has 0 aliphatic carbocycles. The Hall–Kier alpha value is -1.36. The topological polar surface area (TPSA) is 83.8 Å². The van der Waals surface area contributed by atoms with E-state index in [2.05, 4.69) is 6.58 Å². The van der Waals surface area contributed by atoms with Crippen molar-refractivity contribution in [3.05, 3.63) is 17.6 Å². The van der Waals surface area contributed by atoms with E-state index in [1.54, 1.807) is 0 Å². The molecule has 5 nitrogen and oxygen atoms in total. The van der Waals surface area contributed by atoms with Gasteiger partial charge in [-0.1, -0.05) is 6.58 Å². The molecular weight excluding hydrogens is 138 g/mol. The number of hydrogen-bond donors (Lipinski definition) is 1. The number of nitroso groups, excluding NO2 is 1. The SMILES string of the molecule is C=CC(=O)C(O)C(=O)N=O. The van der Waals surface area contributed by atoms with Gasteiger partial charge in [-0.15, -0.1) is 4.91 Å². The summed E-state index contributed by atoms with van der Waals surface area (Å²) in [5, 5.41) is 10.4. The molecule has 0 aliphatic heterocycles. The Balaban J connectivity index is 4.20. The highest BCUT2D eigenvalue weighted by molar-refractivity contribution is 6.09. The Morgan fingerprint density at radius 3 is 2.40 bits per heavy atom. The van der Waals surface area contributed by atoms with Crippen LogP contribution in [0.4, 0.5) is 0 Å². The molecule has 0 heterocycles. The highest BCUT2D eigenvalue weighted by Crippen LogP contribution is 1.89. The standard InChI is InChI=1S/C5H5NO4/c1-2-3(7)4(8)5(9)6-10/h2,4,8H,1H2. The first-order valence-electron chi connectivity index (χ1n) is 2.35. The molecule has 0 radical (unpaired) electrons. The second-order valence-corrected chi connectivity index (χ2v) is 1.44. The maximum Gasteiger partial charge on any atom is 0.322 e. The van der Waals surface area contributed by atoms with Crippen molar-refractivity contribution >= 4 is 11.7 Å². The van der Waals surface area contributed by atoms with Crippen molar-refractivity contribution in [2.24, 2.45) is 5.18 Å². The normalized spacial score (nSPS) is 11.7. The van der Waals surface area contributed by atoms with E-state index in [0.717, 1.165) is 6.08 Å². The molecule has 0 rings (SSSR count). The number of carbonyl (C=O) groups is 2. The third-order valence-corrected chi connectivity index (χ3v) is 0.795. The number of aliphatic hydroxyl groups is 1. The fraction of sp³-hybridized carbons (Fsp3) is 0.200. The lowest BCUT2D eigenvalue weighted by Crippen LogP contribution is -2.26. The molecule has 0 saturated heterocycles. The van der Waals surface area contributed by atoms with Crippen LogP contribution in [0.2, 0.25) is 0 Å². The van der Waals surface area contributed by atoms with Crippen LogP contribution in [0, 0.1) is 4.91 Å². The molecule has 1 N–H and O–H groups in total. The molecule has 0 aliphatic rings. The van der Waals surface area contributed by atoms with Crippen LogP contribution in [0.5, 0.6) is 0 Å². The smallest absolute Gasteiger partial charge is 0.322 e. The Bertz CT molecular complexity index is 166. The average molecular weight is 143 g/mol. The largest absolute Gasteiger partial charge is 0.376 e. The molecule has 0 bridgehead atoms. The number of aliphatic hydroxyl groups excluding tert-OH is 1. The summed E-state index contributed by atoms with van der Waals surface area (Å²) in [6.45, 7) is 2.99. The zero-order valence-corrected chi connectivity index (χ0v) is 4.98. The minimum Gasteiger partial charge on any atom is -0.376 e. The highest BCUT2D eigenvalue weighted by Gasteiger charge is 2.21. The summed E-state index contributed by atoms with van der Waals surface area (Å²) in [6.07, 6.45) is -1.23. The maximum atomic E-state index is 10.3. The van der Waals surface area contributed by atoms with Crippen LogP contribution in [0.25, 0.3) is 0 Å². The van der Waals surface area contributed by atoms with E-state index in [9.17, 15) is 14.5 Å². The number of amides is 1. The maximum absolute atomic E-state index is 10.3. The number of rotatable bonds is 3. The zero-order chi connectivity index (χ0) is 8.15. The number of nitrogens with zero attached hydrogens (tertiary/aromatic N) is 1. The van der Waals surface area contributed by atoms with Crippen molar-refractivity contribution in [2.45, 2.75) is 6.10 Å². The van der Waals surface area contributed by atoms with Gasteiger partial charge in [0, 0.05) is 5.18 Å². The lowest BCUT2D eigenvalue weighted by Gasteiger charge is -1.95. The molecule has 1 amide bonds. The van der Waals surface area contributed by atoms with Crippen LogP contribution in [-0.2, 0) is 9.59 Å². The molecule has 1 atom stereocenters. The number of hydrogen-bond acceptors (Lipinski definition) is 4. The van der Waals surface area contributed by atoms with Gasteiger partial charge in [-0.05, 0) is 6.08 Å². The van der Waals surface area contributed by atoms with Gasteiger partial charge < -0.3 is 5.11 Å². The molecule has 1 unspecified atom stereocenters. The lowest BCUT2D eigenvalue weighted by molar-refractivity contribution is -0.135. The van der Waals surface area contributed by atoms with Gasteiger partial charge in [0.25, 0.3) is 0 Å². The van der Waals surface area contributed by atoms with E-state index in [4.69, 9.17) is 5.11 Å². The van der Waals surface area contributed by atoms with Crippen molar-refractivity contribution in [3.63, 3.8) is 0 Å². The van der Waals surface area contributed by atoms with Crippen molar-refractivity contribution in [1.82, 2.24) is 0 Å². The molecule has 0 aromatic heterocycles. The molecule has 0 aromatic rings. The predicted octanol–water partition coefficient (Wildman–Crippen LogP) is -0.605. The number of carbonyl (C=O) groups excluding carboxylic acids is 2. The molecular formula is C5H5NO4. The van der Waals surface area contributed by atoms with Crippen molar-refractivity contribution in [2.75, 3.05) is 0 Å². The Morgan fingerprint density at radius 2 is 2.10 bits per heavy atom. The fourth-order valence-electron chi connectivity index (χ4n) is 0.283. The lowest BCUT2D eigenvalue weighted by atomic mass is 10.2. The van der Waals surface area contributed by atoms with Gasteiger partial charge >= 0.3 is 5.91 Å². The summed E-state index contributed by atoms with van der Waals surface area (Å²) in [6, 6.07) is 0. The molecule has 0 saturated carbocycles. The van der Waals surface area contributed by atoms with E-state index in [-0.39, 0.29) is 0 Å². The van der Waals surface area contributed by atoms with Crippen LogP contribution in [0.15, 0.2) is 17.8 Å². The highest BCUT2D eigenvalue weighted by atomic mass is 16.3. The number of ketones is 1. The van der Waals surface area contributed by atoms with Crippen LogP contribution >= 0.6 is 0 Å². The Labute approximate surface area is 56.3 Å². The summed E-state index contributed by atoms with van der Waals surface area (Å²) >= 11 is 0. The quantitative estimate of drug-likeness (QED) is 0.324. The second-order valence-electron chi connectivity index (χ2n) is 1.44. The van der Waals surface area contributed by atoms with E-state index in [0.29, 0.717) is 0 Å². The third-order valence-electron chi connectivity index (χ3n) is 0.795. The Kier molecular flexibility index (Phi) is 3.13. The van der Waals surface area contributed by atoms with Gasteiger partial charge in [-0.3, -0.25) is 9.59 Å². The fourth-order valence-corrected chi connectivity index (χ4v) is 0.283. The van der Waals surface area contributed by atoms with Gasteiger partial charge in [-0.2, -0.15) is 0 Å². The zero-order valence-electron chi connectivity index (χ0n) is 4.98. The molecule has 5 heteroatoms. The summed E-state index contributed by atoms with van der Waals surface area (Å²) in [5.41, 5.74) is 0. The molecule has 0 spiro atoms. The second kappa shape index (κ2) is 3.62. The van der Waals surface area contributed by atoms with E-state index in [1.165, 1.54) is 0 Å². The first-order chi connectivity index (χ1) is 4.63. The van der Waals surface area contributed by atoms with Crippen molar-refractivity contribution in [1.29, 1.82) is 0 Å². The van der Waals surface area contributed by atoms with Crippen LogP contribution < -0.4 is 0 Å². The summed E-state index contributed by atoms with van der Waals surface area (Å²) in [5.74, 6) is -2.32. The van der Waals surface area contributed by atoms with E-state index in [1.807, 2.05) is 5.18 Å². The van der Waals surface area contributed by atoms with Crippen molar-refractivity contribution < 1.29 is 14.7 Å². The van der Waals surface area contributed by atoms with Crippen molar-refractivity contribution in [3.8, 4) is 0 Å².